The summed E-state index contributed by atoms with van der Waals surface area (Å²) < 4.78 is 11.3. The second kappa shape index (κ2) is 8.11. The van der Waals surface area contributed by atoms with Crippen LogP contribution in [-0.2, 0) is 0 Å². The minimum atomic E-state index is 0.932. The zero-order valence-electron chi connectivity index (χ0n) is 21.8. The molecule has 3 heterocycles. The Labute approximate surface area is 235 Å². The van der Waals surface area contributed by atoms with E-state index in [1.165, 1.54) is 75.0 Å². The molecule has 0 atom stereocenters. The lowest BCUT2D eigenvalue weighted by Crippen LogP contribution is -2.01. The van der Waals surface area contributed by atoms with E-state index in [0.717, 1.165) is 11.2 Å². The van der Waals surface area contributed by atoms with Crippen LogP contribution in [0, 0.1) is 0 Å². The Morgan fingerprint density at radius 1 is 0.550 bits per heavy atom. The lowest BCUT2D eigenvalue weighted by atomic mass is 9.90. The Bertz CT molecular complexity index is 2450. The molecule has 0 N–H and O–H groups in total. The maximum absolute atomic E-state index is 6.18. The van der Waals surface area contributed by atoms with E-state index >= 15 is 0 Å². The smallest absolute Gasteiger partial charge is 0.140 e. The fourth-order valence-electron chi connectivity index (χ4n) is 6.50. The molecular formula is C36H22BNOS. The van der Waals surface area contributed by atoms with E-state index in [0.29, 0.717) is 0 Å². The number of furan rings is 1. The molecule has 186 valence electrons. The topological polar surface area (TPSA) is 18.1 Å². The van der Waals surface area contributed by atoms with Crippen molar-refractivity contribution >= 4 is 88.6 Å². The van der Waals surface area contributed by atoms with E-state index in [1.54, 1.807) is 0 Å². The van der Waals surface area contributed by atoms with Gasteiger partial charge in [-0.15, -0.1) is 11.3 Å². The van der Waals surface area contributed by atoms with Crippen molar-refractivity contribution in [2.45, 2.75) is 0 Å². The highest BCUT2D eigenvalue weighted by Crippen LogP contribution is 2.44. The zero-order valence-corrected chi connectivity index (χ0v) is 22.6. The standard InChI is InChI=1S/C36H22BNOS/c37-28-10-6-11-32-34(28)27-20-22(14-18-31(27)39-32)21-13-16-29-26(19-21)35-30(38(29)23-7-2-1-3-8-23)17-15-25-24-9-4-5-12-33(24)40-36(25)35/h1-20H,37H2. The molecule has 0 spiro atoms. The number of hydrogen-bond acceptors (Lipinski definition) is 2. The molecule has 0 aliphatic rings. The number of para-hydroxylation sites is 1. The first-order valence-corrected chi connectivity index (χ1v) is 14.4. The van der Waals surface area contributed by atoms with Crippen LogP contribution in [0.2, 0.25) is 0 Å². The van der Waals surface area contributed by atoms with Crippen molar-refractivity contribution in [1.82, 2.24) is 4.57 Å². The van der Waals surface area contributed by atoms with Crippen LogP contribution in [0.5, 0.6) is 0 Å². The summed E-state index contributed by atoms with van der Waals surface area (Å²) in [5.41, 5.74) is 9.17. The quantitative estimate of drug-likeness (QED) is 0.205. The van der Waals surface area contributed by atoms with Crippen molar-refractivity contribution in [1.29, 1.82) is 0 Å². The van der Waals surface area contributed by atoms with Gasteiger partial charge in [-0.1, -0.05) is 72.2 Å². The van der Waals surface area contributed by atoms with Gasteiger partial charge >= 0.3 is 0 Å². The first-order valence-electron chi connectivity index (χ1n) is 13.6. The molecule has 0 aliphatic carbocycles. The lowest BCUT2D eigenvalue weighted by molar-refractivity contribution is 0.669. The van der Waals surface area contributed by atoms with Crippen LogP contribution in [-0.4, -0.2) is 12.4 Å². The summed E-state index contributed by atoms with van der Waals surface area (Å²) in [4.78, 5) is 0. The number of benzene rings is 6. The molecule has 0 radical (unpaired) electrons. The average Bonchev–Trinajstić information content (AvgIpc) is 3.66. The molecule has 0 bridgehead atoms. The number of nitrogens with zero attached hydrogens (tertiary/aromatic N) is 1. The molecule has 4 heteroatoms. The summed E-state index contributed by atoms with van der Waals surface area (Å²) in [7, 11) is 2.16. The SMILES string of the molecule is Bc1cccc2oc3ccc(-c4ccc5c(c4)c4c6sc7ccccc7c6ccc4n5-c4ccccc4)cc3c12. The predicted molar refractivity (Wildman–Crippen MR) is 175 cm³/mol. The maximum atomic E-state index is 6.18. The molecule has 0 saturated heterocycles. The summed E-state index contributed by atoms with van der Waals surface area (Å²) in [5.74, 6) is 0. The van der Waals surface area contributed by atoms with Gasteiger partial charge in [0.05, 0.1) is 11.0 Å². The summed E-state index contributed by atoms with van der Waals surface area (Å²) in [5, 5.41) is 7.63. The Kier molecular flexibility index (Phi) is 4.47. The molecule has 0 aliphatic heterocycles. The highest BCUT2D eigenvalue weighted by molar-refractivity contribution is 7.26. The van der Waals surface area contributed by atoms with Crippen molar-refractivity contribution in [3.8, 4) is 16.8 Å². The third-order valence-electron chi connectivity index (χ3n) is 8.32. The van der Waals surface area contributed by atoms with E-state index < -0.39 is 0 Å². The average molecular weight is 527 g/mol. The first-order chi connectivity index (χ1) is 19.7. The second-order valence-electron chi connectivity index (χ2n) is 10.6. The fraction of sp³-hybridized carbons (Fsp3) is 0. The van der Waals surface area contributed by atoms with Crippen LogP contribution < -0.4 is 5.46 Å². The van der Waals surface area contributed by atoms with Crippen LogP contribution in [0.3, 0.4) is 0 Å². The fourth-order valence-corrected chi connectivity index (χ4v) is 7.76. The van der Waals surface area contributed by atoms with E-state index in [1.807, 2.05) is 11.3 Å². The summed E-state index contributed by atoms with van der Waals surface area (Å²) >= 11 is 1.90. The van der Waals surface area contributed by atoms with Crippen LogP contribution in [0.25, 0.3) is 80.7 Å². The van der Waals surface area contributed by atoms with E-state index in [4.69, 9.17) is 4.42 Å². The maximum Gasteiger partial charge on any atom is 0.140 e. The number of fused-ring (bicyclic) bond motifs is 10. The van der Waals surface area contributed by atoms with Crippen molar-refractivity contribution in [3.05, 3.63) is 121 Å². The molecule has 3 aromatic heterocycles. The van der Waals surface area contributed by atoms with Gasteiger partial charge in [-0.05, 0) is 65.7 Å². The molecule has 0 amide bonds. The Balaban J connectivity index is 1.38. The molecule has 9 aromatic rings. The summed E-state index contributed by atoms with van der Waals surface area (Å²) in [6.45, 7) is 0. The van der Waals surface area contributed by atoms with Gasteiger partial charge in [-0.2, -0.15) is 0 Å². The molecule has 0 unspecified atom stereocenters. The van der Waals surface area contributed by atoms with E-state index in [9.17, 15) is 0 Å². The van der Waals surface area contributed by atoms with Gasteiger partial charge in [0.25, 0.3) is 0 Å². The molecular weight excluding hydrogens is 505 g/mol. The number of thiophene rings is 1. The van der Waals surface area contributed by atoms with Crippen molar-refractivity contribution in [2.75, 3.05) is 0 Å². The monoisotopic (exact) mass is 527 g/mol. The van der Waals surface area contributed by atoms with Crippen LogP contribution in [0.15, 0.2) is 126 Å². The summed E-state index contributed by atoms with van der Waals surface area (Å²) in [6.07, 6.45) is 0. The van der Waals surface area contributed by atoms with Gasteiger partial charge in [0.2, 0.25) is 0 Å². The van der Waals surface area contributed by atoms with E-state index in [2.05, 4.69) is 134 Å². The number of aromatic nitrogens is 1. The third kappa shape index (κ3) is 3.00. The minimum absolute atomic E-state index is 0.932. The van der Waals surface area contributed by atoms with Gasteiger partial charge < -0.3 is 8.98 Å². The molecule has 0 fully saturated rings. The minimum Gasteiger partial charge on any atom is -0.456 e. The van der Waals surface area contributed by atoms with Crippen LogP contribution >= 0.6 is 11.3 Å². The Hall–Kier alpha value is -4.80. The summed E-state index contributed by atoms with van der Waals surface area (Å²) in [6, 6.07) is 43.9. The van der Waals surface area contributed by atoms with Gasteiger partial charge in [0, 0.05) is 47.4 Å². The number of hydrogen-bond donors (Lipinski definition) is 0. The molecule has 40 heavy (non-hydrogen) atoms. The van der Waals surface area contributed by atoms with Crippen LogP contribution in [0.4, 0.5) is 0 Å². The van der Waals surface area contributed by atoms with Crippen molar-refractivity contribution < 1.29 is 4.42 Å². The van der Waals surface area contributed by atoms with Gasteiger partial charge in [0.1, 0.15) is 19.0 Å². The van der Waals surface area contributed by atoms with E-state index in [-0.39, 0.29) is 0 Å². The lowest BCUT2D eigenvalue weighted by Gasteiger charge is -2.08. The first kappa shape index (κ1) is 22.1. The largest absolute Gasteiger partial charge is 0.456 e. The third-order valence-corrected chi connectivity index (χ3v) is 9.53. The number of rotatable bonds is 2. The van der Waals surface area contributed by atoms with Crippen LogP contribution in [0.1, 0.15) is 0 Å². The molecule has 2 nitrogen and oxygen atoms in total. The van der Waals surface area contributed by atoms with Crippen molar-refractivity contribution in [3.63, 3.8) is 0 Å². The Morgan fingerprint density at radius 2 is 1.32 bits per heavy atom. The predicted octanol–water partition coefficient (Wildman–Crippen LogP) is 8.98. The van der Waals surface area contributed by atoms with Gasteiger partial charge in [-0.25, -0.2) is 0 Å². The second-order valence-corrected chi connectivity index (χ2v) is 11.7. The molecule has 6 aromatic carbocycles. The molecule has 0 saturated carbocycles. The highest BCUT2D eigenvalue weighted by atomic mass is 32.1. The zero-order chi connectivity index (χ0) is 26.4. The van der Waals surface area contributed by atoms with Crippen molar-refractivity contribution in [2.24, 2.45) is 0 Å². The highest BCUT2D eigenvalue weighted by Gasteiger charge is 2.18. The Morgan fingerprint density at radius 3 is 2.23 bits per heavy atom. The van der Waals surface area contributed by atoms with Gasteiger partial charge in [-0.3, -0.25) is 0 Å². The molecule has 9 rings (SSSR count). The van der Waals surface area contributed by atoms with Gasteiger partial charge in [0.15, 0.2) is 0 Å². The normalized spacial score (nSPS) is 12.1.